The average Bonchev–Trinajstić information content (AvgIpc) is 3.07. The molecule has 120 valence electrons. The molecule has 4 aromatic rings. The molecule has 0 fully saturated rings. The molecule has 5 heteroatoms. The number of aromatic nitrogens is 2. The summed E-state index contributed by atoms with van der Waals surface area (Å²) >= 11 is 0. The van der Waals surface area contributed by atoms with Crippen LogP contribution in [-0.4, -0.2) is 21.0 Å². The fourth-order valence-corrected chi connectivity index (χ4v) is 2.84. The fourth-order valence-electron chi connectivity index (χ4n) is 2.84. The molecule has 0 aliphatic heterocycles. The van der Waals surface area contributed by atoms with Gasteiger partial charge in [0.05, 0.1) is 5.56 Å². The lowest BCUT2D eigenvalue weighted by Gasteiger charge is -2.02. The highest BCUT2D eigenvalue weighted by atomic mass is 16.4. The van der Waals surface area contributed by atoms with E-state index in [4.69, 9.17) is 0 Å². The number of hydrogen-bond acceptors (Lipinski definition) is 2. The van der Waals surface area contributed by atoms with Gasteiger partial charge in [-0.15, -0.1) is 0 Å². The lowest BCUT2D eigenvalue weighted by Crippen LogP contribution is -2.07. The second kappa shape index (κ2) is 5.69. The molecule has 25 heavy (non-hydrogen) atoms. The van der Waals surface area contributed by atoms with Crippen LogP contribution in [0.25, 0.3) is 21.8 Å². The minimum Gasteiger partial charge on any atom is -0.478 e. The van der Waals surface area contributed by atoms with Crippen molar-refractivity contribution in [1.29, 1.82) is 0 Å². The number of H-pyrrole nitrogens is 2. The molecule has 3 N–H and O–H groups in total. The molecule has 0 amide bonds. The Kier molecular flexibility index (Phi) is 3.37. The maximum atomic E-state index is 12.1. The quantitative estimate of drug-likeness (QED) is 0.469. The highest BCUT2D eigenvalue weighted by molar-refractivity contribution is 6.14. The van der Waals surface area contributed by atoms with Crippen LogP contribution in [0.15, 0.2) is 59.5 Å². The van der Waals surface area contributed by atoms with E-state index < -0.39 is 5.97 Å². The predicted octanol–water partition coefficient (Wildman–Crippen LogP) is 3.11. The van der Waals surface area contributed by atoms with Crippen LogP contribution in [0.5, 0.6) is 0 Å². The van der Waals surface area contributed by atoms with Gasteiger partial charge in [0.25, 0.3) is 5.56 Å². The Labute approximate surface area is 141 Å². The summed E-state index contributed by atoms with van der Waals surface area (Å²) < 4.78 is 0. The number of carboxylic acid groups (broad SMARTS) is 1. The van der Waals surface area contributed by atoms with Crippen molar-refractivity contribution >= 4 is 27.8 Å². The SMILES string of the molecule is O=C(O)c1c[nH]c2c(=O)[nH]c3ccc(C#Cc4ccccc4)cc3c12. The number of aromatic carboxylic acids is 1. The Hall–Kier alpha value is -3.78. The zero-order chi connectivity index (χ0) is 17.4. The number of carbonyl (C=O) groups is 1. The second-order valence-electron chi connectivity index (χ2n) is 5.59. The Morgan fingerprint density at radius 1 is 1.00 bits per heavy atom. The maximum Gasteiger partial charge on any atom is 0.337 e. The normalized spacial score (nSPS) is 10.6. The van der Waals surface area contributed by atoms with Crippen LogP contribution in [0, 0.1) is 11.8 Å². The monoisotopic (exact) mass is 328 g/mol. The number of nitrogens with one attached hydrogen (secondary N) is 2. The summed E-state index contributed by atoms with van der Waals surface area (Å²) in [6.45, 7) is 0. The van der Waals surface area contributed by atoms with Gasteiger partial charge < -0.3 is 15.1 Å². The molecule has 0 saturated carbocycles. The zero-order valence-electron chi connectivity index (χ0n) is 13.0. The standard InChI is InChI=1S/C20H12N2O3/c23-19-18-17(15(11-21-18)20(24)25)14-10-13(8-9-16(14)22-19)7-6-12-4-2-1-3-5-12/h1-5,8-11,21H,(H,22,23)(H,24,25). The molecule has 2 aromatic heterocycles. The molecular formula is C20H12N2O3. The van der Waals surface area contributed by atoms with Crippen molar-refractivity contribution in [3.63, 3.8) is 0 Å². The van der Waals surface area contributed by atoms with Crippen molar-refractivity contribution in [2.24, 2.45) is 0 Å². The van der Waals surface area contributed by atoms with Crippen LogP contribution in [0.3, 0.4) is 0 Å². The van der Waals surface area contributed by atoms with E-state index in [-0.39, 0.29) is 16.6 Å². The van der Waals surface area contributed by atoms with Gasteiger partial charge in [-0.1, -0.05) is 30.0 Å². The molecule has 2 aromatic carbocycles. The van der Waals surface area contributed by atoms with Gasteiger partial charge in [0, 0.05) is 33.6 Å². The number of aromatic amines is 2. The summed E-state index contributed by atoms with van der Waals surface area (Å²) in [4.78, 5) is 29.1. The number of pyridine rings is 1. The van der Waals surface area contributed by atoms with E-state index in [1.807, 2.05) is 30.3 Å². The van der Waals surface area contributed by atoms with Crippen LogP contribution >= 0.6 is 0 Å². The number of fused-ring (bicyclic) bond motifs is 3. The van der Waals surface area contributed by atoms with Gasteiger partial charge in [0.2, 0.25) is 0 Å². The van der Waals surface area contributed by atoms with Gasteiger partial charge >= 0.3 is 5.97 Å². The van der Waals surface area contributed by atoms with E-state index in [1.165, 1.54) is 6.20 Å². The van der Waals surface area contributed by atoms with Gasteiger partial charge in [-0.05, 0) is 30.3 Å². The van der Waals surface area contributed by atoms with Crippen molar-refractivity contribution in [2.45, 2.75) is 0 Å². The van der Waals surface area contributed by atoms with Gasteiger partial charge in [-0.2, -0.15) is 0 Å². The van der Waals surface area contributed by atoms with E-state index >= 15 is 0 Å². The molecule has 0 spiro atoms. The Balaban J connectivity index is 1.96. The Bertz CT molecular complexity index is 1240. The van der Waals surface area contributed by atoms with Gasteiger partial charge in [-0.25, -0.2) is 4.79 Å². The first-order chi connectivity index (χ1) is 12.1. The molecule has 0 radical (unpaired) electrons. The highest BCUT2D eigenvalue weighted by Crippen LogP contribution is 2.25. The smallest absolute Gasteiger partial charge is 0.337 e. The highest BCUT2D eigenvalue weighted by Gasteiger charge is 2.16. The fraction of sp³-hybridized carbons (Fsp3) is 0. The third kappa shape index (κ3) is 2.56. The summed E-state index contributed by atoms with van der Waals surface area (Å²) in [5.41, 5.74) is 2.17. The van der Waals surface area contributed by atoms with Crippen LogP contribution in [0.2, 0.25) is 0 Å². The average molecular weight is 328 g/mol. The van der Waals surface area contributed by atoms with Gasteiger partial charge in [-0.3, -0.25) is 4.79 Å². The van der Waals surface area contributed by atoms with Crippen molar-refractivity contribution in [2.75, 3.05) is 0 Å². The molecule has 0 unspecified atom stereocenters. The van der Waals surface area contributed by atoms with Crippen molar-refractivity contribution in [3.05, 3.63) is 81.8 Å². The number of rotatable bonds is 1. The third-order valence-corrected chi connectivity index (χ3v) is 4.00. The van der Waals surface area contributed by atoms with Crippen LogP contribution in [0.1, 0.15) is 21.5 Å². The van der Waals surface area contributed by atoms with Crippen molar-refractivity contribution in [3.8, 4) is 11.8 Å². The minimum absolute atomic E-state index is 0.0688. The summed E-state index contributed by atoms with van der Waals surface area (Å²) in [5, 5.41) is 10.4. The lowest BCUT2D eigenvalue weighted by molar-refractivity contribution is 0.0699. The summed E-state index contributed by atoms with van der Waals surface area (Å²) in [7, 11) is 0. The molecule has 0 aliphatic rings. The van der Waals surface area contributed by atoms with E-state index in [0.29, 0.717) is 16.3 Å². The zero-order valence-corrected chi connectivity index (χ0v) is 13.0. The lowest BCUT2D eigenvalue weighted by atomic mass is 10.0. The maximum absolute atomic E-state index is 12.1. The molecule has 0 bridgehead atoms. The number of hydrogen-bond donors (Lipinski definition) is 3. The summed E-state index contributed by atoms with van der Waals surface area (Å²) in [6.07, 6.45) is 1.34. The van der Waals surface area contributed by atoms with Crippen molar-refractivity contribution < 1.29 is 9.90 Å². The van der Waals surface area contributed by atoms with E-state index in [9.17, 15) is 14.7 Å². The van der Waals surface area contributed by atoms with Crippen LogP contribution in [0.4, 0.5) is 0 Å². The second-order valence-corrected chi connectivity index (χ2v) is 5.59. The minimum atomic E-state index is -1.08. The molecule has 2 heterocycles. The van der Waals surface area contributed by atoms with Crippen LogP contribution in [-0.2, 0) is 0 Å². The number of carboxylic acids is 1. The molecule has 0 saturated heterocycles. The topological polar surface area (TPSA) is 85.9 Å². The first kappa shape index (κ1) is 14.8. The molecule has 5 nitrogen and oxygen atoms in total. The number of benzene rings is 2. The van der Waals surface area contributed by atoms with Crippen LogP contribution < -0.4 is 5.56 Å². The first-order valence-corrected chi connectivity index (χ1v) is 7.61. The van der Waals surface area contributed by atoms with E-state index in [1.54, 1.807) is 18.2 Å². The molecular weight excluding hydrogens is 316 g/mol. The van der Waals surface area contributed by atoms with E-state index in [2.05, 4.69) is 21.8 Å². The predicted molar refractivity (Wildman–Crippen MR) is 95.8 cm³/mol. The van der Waals surface area contributed by atoms with E-state index in [0.717, 1.165) is 11.1 Å². The molecule has 0 atom stereocenters. The Morgan fingerprint density at radius 3 is 2.52 bits per heavy atom. The molecule has 4 rings (SSSR count). The van der Waals surface area contributed by atoms with Gasteiger partial charge in [0.1, 0.15) is 5.52 Å². The summed E-state index contributed by atoms with van der Waals surface area (Å²) in [6, 6.07) is 14.9. The largest absolute Gasteiger partial charge is 0.478 e. The van der Waals surface area contributed by atoms with Crippen molar-refractivity contribution in [1.82, 2.24) is 9.97 Å². The Morgan fingerprint density at radius 2 is 1.76 bits per heavy atom. The summed E-state index contributed by atoms with van der Waals surface area (Å²) in [5.74, 6) is 5.06. The third-order valence-electron chi connectivity index (χ3n) is 4.00. The van der Waals surface area contributed by atoms with Gasteiger partial charge in [0.15, 0.2) is 0 Å². The first-order valence-electron chi connectivity index (χ1n) is 7.61. The molecule has 0 aliphatic carbocycles.